The number of rotatable bonds is 6. The van der Waals surface area contributed by atoms with E-state index in [-0.39, 0.29) is 35.9 Å². The summed E-state index contributed by atoms with van der Waals surface area (Å²) in [5.74, 6) is 0.758. The number of hydrogen-bond acceptors (Lipinski definition) is 4. The minimum Gasteiger partial charge on any atom is -0.393 e. The highest BCUT2D eigenvalue weighted by atomic mass is 31.2. The average Bonchev–Trinajstić information content (AvgIpc) is 3.16. The number of hydrogen-bond donors (Lipinski definition) is 1. The highest BCUT2D eigenvalue weighted by Gasteiger charge is 2.52. The molecule has 3 rings (SSSR count). The lowest BCUT2D eigenvalue weighted by Crippen LogP contribution is -2.27. The van der Waals surface area contributed by atoms with Crippen LogP contribution in [0, 0.1) is 17.8 Å². The van der Waals surface area contributed by atoms with Gasteiger partial charge in [0, 0.05) is 5.92 Å². The second-order valence-corrected chi connectivity index (χ2v) is 19.3. The van der Waals surface area contributed by atoms with Gasteiger partial charge in [-0.05, 0) is 84.3 Å². The van der Waals surface area contributed by atoms with Crippen LogP contribution in [0.4, 0.5) is 0 Å². The number of aliphatic hydroxyl groups is 1. The third kappa shape index (κ3) is 8.38. The quantitative estimate of drug-likeness (QED) is 0.470. The number of fused-ring (bicyclic) bond motifs is 1. The van der Waals surface area contributed by atoms with Gasteiger partial charge in [-0.2, -0.15) is 0 Å². The van der Waals surface area contributed by atoms with Crippen LogP contribution < -0.4 is 0 Å². The first-order valence-electron chi connectivity index (χ1n) is 11.5. The molecular formula is C23H44B2O4P2. The topological polar surface area (TPSA) is 47.9 Å². The Morgan fingerprint density at radius 3 is 2.03 bits per heavy atom. The molecule has 3 aliphatic rings. The Balaban J connectivity index is 0.000000225. The standard InChI is InChI=1S/C12H22BO3P.C11H22BOP/c1-12(2)15-10-8(7-14-17(3,4)5)6-9(13)11(10)16-12;1-8-10(12)7-9(11(8)13)5-6-14(2,3)4/h8-11H,3,6-7H2,1-2,4-5H3;8-11,13H,2,5-7H2,1,3-4H3. The smallest absolute Gasteiger partial charge is 0.163 e. The summed E-state index contributed by atoms with van der Waals surface area (Å²) in [6, 6.07) is 0. The van der Waals surface area contributed by atoms with Crippen molar-refractivity contribution in [1.82, 2.24) is 0 Å². The zero-order valence-electron chi connectivity index (χ0n) is 20.8. The second-order valence-electron chi connectivity index (χ2n) is 11.6. The van der Waals surface area contributed by atoms with E-state index in [0.717, 1.165) is 19.3 Å². The summed E-state index contributed by atoms with van der Waals surface area (Å²) in [6.45, 7) is 14.3. The predicted molar refractivity (Wildman–Crippen MR) is 141 cm³/mol. The van der Waals surface area contributed by atoms with Gasteiger partial charge in [0.05, 0.1) is 40.6 Å². The molecule has 8 heteroatoms. The van der Waals surface area contributed by atoms with E-state index in [4.69, 9.17) is 29.7 Å². The summed E-state index contributed by atoms with van der Waals surface area (Å²) in [5, 5.41) is 9.94. The third-order valence-electron chi connectivity index (χ3n) is 6.64. The second kappa shape index (κ2) is 10.5. The highest BCUT2D eigenvalue weighted by Crippen LogP contribution is 2.48. The first-order valence-corrected chi connectivity index (χ1v) is 17.4. The van der Waals surface area contributed by atoms with Crippen molar-refractivity contribution in [3.05, 3.63) is 0 Å². The summed E-state index contributed by atoms with van der Waals surface area (Å²) < 4.78 is 17.6. The lowest BCUT2D eigenvalue weighted by Gasteiger charge is -2.24. The molecule has 1 aliphatic heterocycles. The molecule has 8 unspecified atom stereocenters. The summed E-state index contributed by atoms with van der Waals surface area (Å²) in [5.41, 5.74) is 0. The molecule has 0 aromatic rings. The monoisotopic (exact) mass is 468 g/mol. The highest BCUT2D eigenvalue weighted by molar-refractivity contribution is 7.72. The molecule has 1 saturated heterocycles. The Morgan fingerprint density at radius 2 is 1.55 bits per heavy atom. The van der Waals surface area contributed by atoms with Crippen LogP contribution in [0.1, 0.15) is 40.0 Å². The molecule has 3 fully saturated rings. The molecule has 0 amide bonds. The van der Waals surface area contributed by atoms with Crippen LogP contribution in [0.25, 0.3) is 0 Å². The van der Waals surface area contributed by atoms with Gasteiger partial charge in [-0.25, -0.2) is 0 Å². The minimum atomic E-state index is -1.44. The molecule has 1 heterocycles. The van der Waals surface area contributed by atoms with Gasteiger partial charge in [0.2, 0.25) is 0 Å². The molecule has 4 radical (unpaired) electrons. The fourth-order valence-corrected chi connectivity index (χ4v) is 6.41. The van der Waals surface area contributed by atoms with Crippen molar-refractivity contribution in [1.29, 1.82) is 0 Å². The summed E-state index contributed by atoms with van der Waals surface area (Å²) >= 11 is 0. The minimum absolute atomic E-state index is 0.0184. The SMILES string of the molecule is [B]C1CC(CCP(=C)(C)C)C(O)C1C.[B]C1CC(COP(=C)(C)C)C2OC(C)(C)OC12. The molecule has 2 aliphatic carbocycles. The molecule has 4 nitrogen and oxygen atoms in total. The van der Waals surface area contributed by atoms with Gasteiger partial charge in [-0.15, -0.1) is 13.2 Å². The van der Waals surface area contributed by atoms with Gasteiger partial charge in [0.25, 0.3) is 0 Å². The normalized spacial score (nSPS) is 39.7. The van der Waals surface area contributed by atoms with E-state index >= 15 is 0 Å². The lowest BCUT2D eigenvalue weighted by molar-refractivity contribution is -0.157. The lowest BCUT2D eigenvalue weighted by atomic mass is 9.79. The van der Waals surface area contributed by atoms with Crippen LogP contribution in [-0.4, -0.2) is 96.9 Å². The van der Waals surface area contributed by atoms with Crippen LogP contribution in [-0.2, 0) is 14.0 Å². The first kappa shape index (κ1) is 27.8. The van der Waals surface area contributed by atoms with Crippen molar-refractivity contribution in [2.45, 2.75) is 75.8 Å². The maximum Gasteiger partial charge on any atom is 0.163 e. The predicted octanol–water partition coefficient (Wildman–Crippen LogP) is 4.18. The Labute approximate surface area is 194 Å². The van der Waals surface area contributed by atoms with Crippen LogP contribution in [0.5, 0.6) is 0 Å². The van der Waals surface area contributed by atoms with Crippen molar-refractivity contribution < 1.29 is 19.1 Å². The van der Waals surface area contributed by atoms with Gasteiger partial charge in [0.1, 0.15) is 0 Å². The van der Waals surface area contributed by atoms with Crippen LogP contribution in [0.15, 0.2) is 0 Å². The Bertz CT molecular complexity index is 689. The molecule has 2 saturated carbocycles. The van der Waals surface area contributed by atoms with Crippen molar-refractivity contribution in [2.24, 2.45) is 17.8 Å². The van der Waals surface area contributed by atoms with E-state index in [1.165, 1.54) is 6.16 Å². The molecule has 0 aromatic carbocycles. The van der Waals surface area contributed by atoms with E-state index in [2.05, 4.69) is 46.2 Å². The van der Waals surface area contributed by atoms with E-state index < -0.39 is 19.8 Å². The maximum atomic E-state index is 9.94. The van der Waals surface area contributed by atoms with Gasteiger partial charge in [-0.1, -0.05) is 25.5 Å². The van der Waals surface area contributed by atoms with Crippen molar-refractivity contribution >= 4 is 42.3 Å². The fraction of sp³-hybridized carbons (Fsp3) is 0.913. The van der Waals surface area contributed by atoms with E-state index in [1.807, 2.05) is 13.8 Å². The number of aliphatic hydroxyl groups excluding tert-OH is 1. The van der Waals surface area contributed by atoms with E-state index in [0.29, 0.717) is 18.4 Å². The first-order chi connectivity index (χ1) is 14.0. The van der Waals surface area contributed by atoms with Gasteiger partial charge in [-0.3, -0.25) is 0 Å². The Hall–Kier alpha value is 0.570. The van der Waals surface area contributed by atoms with Crippen molar-refractivity contribution in [3.63, 3.8) is 0 Å². The summed E-state index contributed by atoms with van der Waals surface area (Å²) in [6.07, 6.45) is 12.3. The maximum absolute atomic E-state index is 9.94. The number of ether oxygens (including phenoxy) is 2. The van der Waals surface area contributed by atoms with E-state index in [1.54, 1.807) is 0 Å². The van der Waals surface area contributed by atoms with Gasteiger partial charge in [0.15, 0.2) is 5.79 Å². The Kier molecular flexibility index (Phi) is 9.38. The summed E-state index contributed by atoms with van der Waals surface area (Å²) in [7, 11) is 10.6. The largest absolute Gasteiger partial charge is 0.393 e. The van der Waals surface area contributed by atoms with Crippen LogP contribution >= 0.6 is 14.0 Å². The third-order valence-corrected chi connectivity index (χ3v) is 8.96. The van der Waals surface area contributed by atoms with Crippen molar-refractivity contribution in [3.8, 4) is 0 Å². The molecule has 0 spiro atoms. The van der Waals surface area contributed by atoms with Crippen LogP contribution in [0.2, 0.25) is 11.6 Å². The zero-order valence-corrected chi connectivity index (χ0v) is 22.6. The molecule has 8 atom stereocenters. The average molecular weight is 468 g/mol. The van der Waals surface area contributed by atoms with Gasteiger partial charge < -0.3 is 19.1 Å². The van der Waals surface area contributed by atoms with Crippen molar-refractivity contribution in [2.75, 3.05) is 39.4 Å². The molecular weight excluding hydrogens is 424 g/mol. The fourth-order valence-electron chi connectivity index (χ4n) is 4.78. The molecule has 176 valence electrons. The summed E-state index contributed by atoms with van der Waals surface area (Å²) in [4.78, 5) is 0. The van der Waals surface area contributed by atoms with Gasteiger partial charge >= 0.3 is 0 Å². The molecule has 0 aromatic heterocycles. The van der Waals surface area contributed by atoms with Crippen LogP contribution in [0.3, 0.4) is 0 Å². The molecule has 31 heavy (non-hydrogen) atoms. The van der Waals surface area contributed by atoms with E-state index in [9.17, 15) is 5.11 Å². The molecule has 1 N–H and O–H groups in total. The Morgan fingerprint density at radius 1 is 1.00 bits per heavy atom. The zero-order chi connectivity index (χ0) is 23.8. The molecule has 0 bridgehead atoms.